The van der Waals surface area contributed by atoms with Crippen molar-refractivity contribution < 1.29 is 9.90 Å². The smallest absolute Gasteiger partial charge is 0.341 e. The number of carbonyl (C=O) groups is 1. The van der Waals surface area contributed by atoms with Crippen molar-refractivity contribution in [2.24, 2.45) is 17.6 Å². The SMILES string of the molecule is CCc1cc(C(=O)O)c(=O)[nH]c1-c1ccc(N2C[C@H]3CC[C@H](N)[C@H]3C2)cc1. The number of anilines is 1. The molecule has 27 heavy (non-hydrogen) atoms. The molecular formula is C21H25N3O3. The molecule has 3 atom stereocenters. The van der Waals surface area contributed by atoms with Crippen molar-refractivity contribution >= 4 is 11.7 Å². The highest BCUT2D eigenvalue weighted by Gasteiger charge is 2.40. The van der Waals surface area contributed by atoms with Gasteiger partial charge in [-0.2, -0.15) is 0 Å². The number of aromatic amines is 1. The fraction of sp³-hybridized carbons (Fsp3) is 0.429. The van der Waals surface area contributed by atoms with Crippen LogP contribution in [0.5, 0.6) is 0 Å². The number of nitrogens with one attached hydrogen (secondary N) is 1. The first-order chi connectivity index (χ1) is 13.0. The molecule has 1 aromatic heterocycles. The predicted octanol–water partition coefficient (Wildman–Crippen LogP) is 2.48. The summed E-state index contributed by atoms with van der Waals surface area (Å²) >= 11 is 0. The first kappa shape index (κ1) is 17.8. The Bertz CT molecular complexity index is 919. The molecule has 6 nitrogen and oxygen atoms in total. The van der Waals surface area contributed by atoms with Crippen molar-refractivity contribution in [2.45, 2.75) is 32.2 Å². The van der Waals surface area contributed by atoms with Gasteiger partial charge in [0.25, 0.3) is 5.56 Å². The van der Waals surface area contributed by atoms with Gasteiger partial charge in [0.2, 0.25) is 0 Å². The molecule has 0 bridgehead atoms. The van der Waals surface area contributed by atoms with Crippen LogP contribution in [0, 0.1) is 11.8 Å². The monoisotopic (exact) mass is 367 g/mol. The van der Waals surface area contributed by atoms with Crippen LogP contribution in [-0.2, 0) is 6.42 Å². The first-order valence-electron chi connectivity index (χ1n) is 9.58. The molecule has 0 unspecified atom stereocenters. The molecular weight excluding hydrogens is 342 g/mol. The van der Waals surface area contributed by atoms with E-state index in [0.717, 1.165) is 30.6 Å². The third-order valence-electron chi connectivity index (χ3n) is 6.17. The third kappa shape index (κ3) is 3.14. The molecule has 1 aromatic carbocycles. The number of aromatic nitrogens is 1. The Morgan fingerprint density at radius 3 is 2.63 bits per heavy atom. The van der Waals surface area contributed by atoms with Crippen molar-refractivity contribution in [1.82, 2.24) is 4.98 Å². The number of hydrogen-bond acceptors (Lipinski definition) is 4. The van der Waals surface area contributed by atoms with Gasteiger partial charge in [-0.1, -0.05) is 19.1 Å². The highest BCUT2D eigenvalue weighted by atomic mass is 16.4. The number of pyridine rings is 1. The number of nitrogens with two attached hydrogens (primary N) is 1. The van der Waals surface area contributed by atoms with E-state index in [1.165, 1.54) is 18.2 Å². The molecule has 2 aliphatic rings. The van der Waals surface area contributed by atoms with Crippen LogP contribution >= 0.6 is 0 Å². The van der Waals surface area contributed by atoms with Crippen LogP contribution in [0.3, 0.4) is 0 Å². The molecule has 1 saturated heterocycles. The summed E-state index contributed by atoms with van der Waals surface area (Å²) in [6.07, 6.45) is 3.00. The fourth-order valence-corrected chi connectivity index (χ4v) is 4.63. The van der Waals surface area contributed by atoms with Crippen LogP contribution in [-0.4, -0.2) is 35.2 Å². The lowest BCUT2D eigenvalue weighted by Gasteiger charge is -2.21. The molecule has 1 saturated carbocycles. The summed E-state index contributed by atoms with van der Waals surface area (Å²) in [5, 5.41) is 9.16. The molecule has 0 spiro atoms. The number of hydrogen-bond donors (Lipinski definition) is 3. The number of carboxylic acids is 1. The molecule has 142 valence electrons. The third-order valence-corrected chi connectivity index (χ3v) is 6.17. The Hall–Kier alpha value is -2.60. The van der Waals surface area contributed by atoms with Crippen molar-refractivity contribution in [2.75, 3.05) is 18.0 Å². The summed E-state index contributed by atoms with van der Waals surface area (Å²) in [7, 11) is 0. The average Bonchev–Trinajstić information content (AvgIpc) is 3.23. The zero-order valence-electron chi connectivity index (χ0n) is 15.4. The minimum Gasteiger partial charge on any atom is -0.477 e. The largest absolute Gasteiger partial charge is 0.477 e. The number of H-pyrrole nitrogens is 1. The van der Waals surface area contributed by atoms with Crippen molar-refractivity contribution in [3.8, 4) is 11.3 Å². The Labute approximate surface area is 158 Å². The number of aromatic carboxylic acids is 1. The first-order valence-corrected chi connectivity index (χ1v) is 9.58. The lowest BCUT2D eigenvalue weighted by atomic mass is 9.98. The van der Waals surface area contributed by atoms with E-state index in [1.54, 1.807) is 0 Å². The summed E-state index contributed by atoms with van der Waals surface area (Å²) in [5.74, 6) is 0.0909. The van der Waals surface area contributed by atoms with Gasteiger partial charge in [-0.05, 0) is 60.4 Å². The Balaban J connectivity index is 1.61. The van der Waals surface area contributed by atoms with Gasteiger partial charge in [-0.15, -0.1) is 0 Å². The second-order valence-electron chi connectivity index (χ2n) is 7.69. The summed E-state index contributed by atoms with van der Waals surface area (Å²) in [6, 6.07) is 9.94. The molecule has 4 rings (SSSR count). The van der Waals surface area contributed by atoms with E-state index in [-0.39, 0.29) is 5.56 Å². The number of aryl methyl sites for hydroxylation is 1. The summed E-state index contributed by atoms with van der Waals surface area (Å²) in [5.41, 5.74) is 9.03. The lowest BCUT2D eigenvalue weighted by molar-refractivity contribution is 0.0695. The van der Waals surface area contributed by atoms with Gasteiger partial charge in [-0.3, -0.25) is 4.79 Å². The molecule has 1 aliphatic carbocycles. The van der Waals surface area contributed by atoms with E-state index in [9.17, 15) is 9.59 Å². The van der Waals surface area contributed by atoms with E-state index >= 15 is 0 Å². The molecule has 1 aliphatic heterocycles. The second kappa shape index (κ2) is 6.85. The molecule has 4 N–H and O–H groups in total. The van der Waals surface area contributed by atoms with Crippen molar-refractivity contribution in [3.63, 3.8) is 0 Å². The normalized spacial score (nSPS) is 24.2. The van der Waals surface area contributed by atoms with Gasteiger partial charge in [0.1, 0.15) is 5.56 Å². The van der Waals surface area contributed by atoms with Gasteiger partial charge >= 0.3 is 5.97 Å². The maximum Gasteiger partial charge on any atom is 0.341 e. The molecule has 0 amide bonds. The van der Waals surface area contributed by atoms with Crippen molar-refractivity contribution in [3.05, 3.63) is 51.8 Å². The molecule has 2 aromatic rings. The average molecular weight is 367 g/mol. The summed E-state index contributed by atoms with van der Waals surface area (Å²) in [6.45, 7) is 4.01. The zero-order chi connectivity index (χ0) is 19.1. The topological polar surface area (TPSA) is 99.4 Å². The fourth-order valence-electron chi connectivity index (χ4n) is 4.63. The maximum atomic E-state index is 12.1. The molecule has 6 heteroatoms. The van der Waals surface area contributed by atoms with E-state index in [1.807, 2.05) is 19.1 Å². The van der Waals surface area contributed by atoms with Gasteiger partial charge < -0.3 is 20.7 Å². The number of fused-ring (bicyclic) bond motifs is 1. The van der Waals surface area contributed by atoms with Crippen LogP contribution in [0.25, 0.3) is 11.3 Å². The molecule has 2 fully saturated rings. The van der Waals surface area contributed by atoms with E-state index in [4.69, 9.17) is 10.8 Å². The lowest BCUT2D eigenvalue weighted by Crippen LogP contribution is -2.30. The van der Waals surface area contributed by atoms with E-state index in [0.29, 0.717) is 30.0 Å². The molecule has 2 heterocycles. The highest BCUT2D eigenvalue weighted by molar-refractivity contribution is 5.88. The van der Waals surface area contributed by atoms with E-state index < -0.39 is 11.5 Å². The van der Waals surface area contributed by atoms with Crippen LogP contribution in [0.1, 0.15) is 35.7 Å². The highest BCUT2D eigenvalue weighted by Crippen LogP contribution is 2.39. The summed E-state index contributed by atoms with van der Waals surface area (Å²) in [4.78, 5) is 28.4. The zero-order valence-corrected chi connectivity index (χ0v) is 15.4. The van der Waals surface area contributed by atoms with Gasteiger partial charge in [-0.25, -0.2) is 4.79 Å². The number of rotatable bonds is 4. The number of carboxylic acid groups (broad SMARTS) is 1. The van der Waals surface area contributed by atoms with Gasteiger partial charge in [0.15, 0.2) is 0 Å². The van der Waals surface area contributed by atoms with E-state index in [2.05, 4.69) is 22.0 Å². The van der Waals surface area contributed by atoms with Crippen LogP contribution in [0.15, 0.2) is 35.1 Å². The van der Waals surface area contributed by atoms with Crippen LogP contribution in [0.2, 0.25) is 0 Å². The minimum absolute atomic E-state index is 0.216. The quantitative estimate of drug-likeness (QED) is 0.771. The molecule has 0 radical (unpaired) electrons. The summed E-state index contributed by atoms with van der Waals surface area (Å²) < 4.78 is 0. The number of benzene rings is 1. The Morgan fingerprint density at radius 2 is 2.00 bits per heavy atom. The van der Waals surface area contributed by atoms with Gasteiger partial charge in [0.05, 0.1) is 5.69 Å². The maximum absolute atomic E-state index is 12.1. The number of nitrogens with zero attached hydrogens (tertiary/aromatic N) is 1. The van der Waals surface area contributed by atoms with Crippen LogP contribution < -0.4 is 16.2 Å². The predicted molar refractivity (Wildman–Crippen MR) is 105 cm³/mol. The van der Waals surface area contributed by atoms with Crippen molar-refractivity contribution in [1.29, 1.82) is 0 Å². The van der Waals surface area contributed by atoms with Crippen LogP contribution in [0.4, 0.5) is 5.69 Å². The standard InChI is InChI=1S/C21H25N3O3/c1-2-12-9-16(21(26)27)20(25)23-19(12)13-3-6-15(7-4-13)24-10-14-5-8-18(22)17(14)11-24/h3-4,6-7,9,14,17-18H,2,5,8,10-11,22H2,1H3,(H,23,25)(H,26,27)/t14-,17+,18+/m1/s1. The minimum atomic E-state index is -1.20. The Morgan fingerprint density at radius 1 is 1.26 bits per heavy atom. The van der Waals surface area contributed by atoms with Gasteiger partial charge in [0, 0.05) is 24.8 Å². The second-order valence-corrected chi connectivity index (χ2v) is 7.69. The Kier molecular flexibility index (Phi) is 4.52.